The molecule has 132 valence electrons. The molecule has 1 aromatic carbocycles. The van der Waals surface area contributed by atoms with Crippen LogP contribution in [0.5, 0.6) is 0 Å². The van der Waals surface area contributed by atoms with Crippen molar-refractivity contribution in [2.45, 2.75) is 30.4 Å². The molecule has 0 aliphatic rings. The average Bonchev–Trinajstić information content (AvgIpc) is 3.37. The maximum absolute atomic E-state index is 5.36. The van der Waals surface area contributed by atoms with E-state index in [1.165, 1.54) is 16.7 Å². The van der Waals surface area contributed by atoms with E-state index >= 15 is 0 Å². The highest BCUT2D eigenvalue weighted by molar-refractivity contribution is 8.00. The van der Waals surface area contributed by atoms with E-state index in [0.717, 1.165) is 20.7 Å². The summed E-state index contributed by atoms with van der Waals surface area (Å²) in [6.07, 6.45) is 0.568. The molecular formula is C19H17N3OS3. The highest BCUT2D eigenvalue weighted by Gasteiger charge is 2.12. The number of benzene rings is 1. The Morgan fingerprint density at radius 3 is 2.88 bits per heavy atom. The molecule has 0 spiro atoms. The van der Waals surface area contributed by atoms with Gasteiger partial charge in [-0.15, -0.1) is 22.7 Å². The average molecular weight is 400 g/mol. The topological polar surface area (TPSA) is 51.8 Å². The van der Waals surface area contributed by atoms with Gasteiger partial charge in [0.05, 0.1) is 17.0 Å². The van der Waals surface area contributed by atoms with Crippen molar-refractivity contribution in [3.8, 4) is 10.7 Å². The molecule has 0 aliphatic carbocycles. The van der Waals surface area contributed by atoms with Crippen LogP contribution in [0.25, 0.3) is 10.7 Å². The summed E-state index contributed by atoms with van der Waals surface area (Å²) in [5.74, 6) is 2.18. The molecule has 0 saturated carbocycles. The van der Waals surface area contributed by atoms with Gasteiger partial charge in [0.25, 0.3) is 0 Å². The quantitative estimate of drug-likeness (QED) is 0.386. The van der Waals surface area contributed by atoms with E-state index in [0.29, 0.717) is 18.1 Å². The van der Waals surface area contributed by atoms with Gasteiger partial charge in [0.2, 0.25) is 11.7 Å². The number of nitrogens with zero attached hydrogens (tertiary/aromatic N) is 3. The molecule has 0 amide bonds. The van der Waals surface area contributed by atoms with E-state index in [2.05, 4.69) is 47.6 Å². The molecule has 0 fully saturated rings. The number of rotatable bonds is 6. The molecular weight excluding hydrogens is 382 g/mol. The zero-order valence-electron chi connectivity index (χ0n) is 14.4. The number of hydrogen-bond donors (Lipinski definition) is 0. The molecule has 7 heteroatoms. The molecule has 3 heterocycles. The maximum Gasteiger partial charge on any atom is 0.233 e. The summed E-state index contributed by atoms with van der Waals surface area (Å²) < 4.78 is 6.43. The van der Waals surface area contributed by atoms with Crippen LogP contribution in [0.15, 0.2) is 50.0 Å². The Kier molecular flexibility index (Phi) is 5.19. The summed E-state index contributed by atoms with van der Waals surface area (Å²) in [5, 5.41) is 8.13. The molecule has 4 rings (SSSR count). The smallest absolute Gasteiger partial charge is 0.233 e. The van der Waals surface area contributed by atoms with Gasteiger partial charge in [-0.1, -0.05) is 46.7 Å². The van der Waals surface area contributed by atoms with Gasteiger partial charge in [-0.2, -0.15) is 4.98 Å². The summed E-state index contributed by atoms with van der Waals surface area (Å²) in [6.45, 7) is 4.29. The van der Waals surface area contributed by atoms with Crippen LogP contribution < -0.4 is 0 Å². The zero-order valence-corrected chi connectivity index (χ0v) is 16.9. The van der Waals surface area contributed by atoms with Crippen LogP contribution in [-0.4, -0.2) is 15.1 Å². The van der Waals surface area contributed by atoms with Crippen LogP contribution in [0.1, 0.15) is 28.3 Å². The van der Waals surface area contributed by atoms with E-state index in [1.807, 2.05) is 17.5 Å². The minimum absolute atomic E-state index is 0.568. The molecule has 4 nitrogen and oxygen atoms in total. The molecule has 3 aromatic heterocycles. The standard InChI is InChI=1S/C19H17N3OS3/c1-12-5-6-13(2)14(8-12)10-25-19-20-15(11-26-19)9-17-21-18(22-23-17)16-4-3-7-24-16/h3-8,11H,9-10H2,1-2H3. The van der Waals surface area contributed by atoms with Crippen LogP contribution in [0.3, 0.4) is 0 Å². The number of thiazole rings is 1. The minimum atomic E-state index is 0.568. The van der Waals surface area contributed by atoms with Gasteiger partial charge in [-0.25, -0.2) is 4.98 Å². The van der Waals surface area contributed by atoms with E-state index in [1.54, 1.807) is 34.4 Å². The fourth-order valence-electron chi connectivity index (χ4n) is 2.52. The Labute approximate surface area is 164 Å². The normalized spacial score (nSPS) is 11.2. The third-order valence-corrected chi connectivity index (χ3v) is 6.91. The van der Waals surface area contributed by atoms with Gasteiger partial charge in [-0.05, 0) is 36.4 Å². The van der Waals surface area contributed by atoms with Crippen LogP contribution in [0, 0.1) is 13.8 Å². The van der Waals surface area contributed by atoms with Gasteiger partial charge in [0.15, 0.2) is 0 Å². The van der Waals surface area contributed by atoms with Crippen molar-refractivity contribution in [1.29, 1.82) is 0 Å². The van der Waals surface area contributed by atoms with Crippen molar-refractivity contribution in [1.82, 2.24) is 15.1 Å². The molecule has 0 N–H and O–H groups in total. The molecule has 0 radical (unpaired) electrons. The molecule has 0 unspecified atom stereocenters. The molecule has 4 aromatic rings. The van der Waals surface area contributed by atoms with E-state index in [4.69, 9.17) is 9.51 Å². The Bertz CT molecular complexity index is 1000. The first-order valence-electron chi connectivity index (χ1n) is 8.17. The summed E-state index contributed by atoms with van der Waals surface area (Å²) in [6, 6.07) is 10.6. The van der Waals surface area contributed by atoms with Gasteiger partial charge in [-0.3, -0.25) is 0 Å². The Hall–Kier alpha value is -1.96. The number of aryl methyl sites for hydroxylation is 2. The van der Waals surface area contributed by atoms with Crippen molar-refractivity contribution in [3.63, 3.8) is 0 Å². The third-order valence-electron chi connectivity index (χ3n) is 3.93. The molecule has 0 bridgehead atoms. The van der Waals surface area contributed by atoms with Gasteiger partial charge in [0.1, 0.15) is 4.34 Å². The molecule has 0 aliphatic heterocycles. The minimum Gasteiger partial charge on any atom is -0.339 e. The SMILES string of the molecule is Cc1ccc(C)c(CSc2nc(Cc3nc(-c4cccs4)no3)cs2)c1. The van der Waals surface area contributed by atoms with Crippen LogP contribution in [0.4, 0.5) is 0 Å². The predicted octanol–water partition coefficient (Wildman–Crippen LogP) is 5.75. The van der Waals surface area contributed by atoms with Crippen LogP contribution in [-0.2, 0) is 12.2 Å². The van der Waals surface area contributed by atoms with Crippen LogP contribution >= 0.6 is 34.4 Å². The second kappa shape index (κ2) is 7.73. The summed E-state index contributed by atoms with van der Waals surface area (Å²) in [5.41, 5.74) is 4.96. The number of hydrogen-bond acceptors (Lipinski definition) is 7. The number of aromatic nitrogens is 3. The van der Waals surface area contributed by atoms with Crippen molar-refractivity contribution >= 4 is 34.4 Å². The Morgan fingerprint density at radius 2 is 2.04 bits per heavy atom. The maximum atomic E-state index is 5.36. The van der Waals surface area contributed by atoms with Crippen LogP contribution in [0.2, 0.25) is 0 Å². The summed E-state index contributed by atoms with van der Waals surface area (Å²) in [7, 11) is 0. The molecule has 0 saturated heterocycles. The Morgan fingerprint density at radius 1 is 1.12 bits per heavy atom. The highest BCUT2D eigenvalue weighted by atomic mass is 32.2. The Balaban J connectivity index is 1.39. The molecule has 26 heavy (non-hydrogen) atoms. The van der Waals surface area contributed by atoms with E-state index in [9.17, 15) is 0 Å². The van der Waals surface area contributed by atoms with Gasteiger partial charge < -0.3 is 4.52 Å². The van der Waals surface area contributed by atoms with Gasteiger partial charge >= 0.3 is 0 Å². The lowest BCUT2D eigenvalue weighted by Crippen LogP contribution is -1.90. The second-order valence-electron chi connectivity index (χ2n) is 5.99. The van der Waals surface area contributed by atoms with E-state index < -0.39 is 0 Å². The lowest BCUT2D eigenvalue weighted by Gasteiger charge is -2.05. The van der Waals surface area contributed by atoms with E-state index in [-0.39, 0.29) is 0 Å². The number of thiophene rings is 1. The van der Waals surface area contributed by atoms with Crippen molar-refractivity contribution in [2.75, 3.05) is 0 Å². The summed E-state index contributed by atoms with van der Waals surface area (Å²) in [4.78, 5) is 10.2. The lowest BCUT2D eigenvalue weighted by atomic mass is 10.1. The molecule has 0 atom stereocenters. The first-order chi connectivity index (χ1) is 12.7. The van der Waals surface area contributed by atoms with Crippen molar-refractivity contribution < 1.29 is 4.52 Å². The first-order valence-corrected chi connectivity index (χ1v) is 10.9. The van der Waals surface area contributed by atoms with Gasteiger partial charge in [0, 0.05) is 11.1 Å². The largest absolute Gasteiger partial charge is 0.339 e. The second-order valence-corrected chi connectivity index (χ2v) is 9.02. The predicted molar refractivity (Wildman–Crippen MR) is 108 cm³/mol. The first kappa shape index (κ1) is 17.5. The fourth-order valence-corrected chi connectivity index (χ4v) is 5.08. The van der Waals surface area contributed by atoms with Crippen molar-refractivity contribution in [3.05, 3.63) is 69.4 Å². The van der Waals surface area contributed by atoms with Crippen molar-refractivity contribution in [2.24, 2.45) is 0 Å². The summed E-state index contributed by atoms with van der Waals surface area (Å²) >= 11 is 5.04. The zero-order chi connectivity index (χ0) is 17.9. The number of thioether (sulfide) groups is 1. The fraction of sp³-hybridized carbons (Fsp3) is 0.211. The monoisotopic (exact) mass is 399 g/mol. The lowest BCUT2D eigenvalue weighted by molar-refractivity contribution is 0.385. The highest BCUT2D eigenvalue weighted by Crippen LogP contribution is 2.29. The third kappa shape index (κ3) is 4.06.